The Kier molecular flexibility index (Phi) is 8.33. The third kappa shape index (κ3) is 6.67. The summed E-state index contributed by atoms with van der Waals surface area (Å²) in [4.78, 5) is 37.1. The number of carbonyl (C=O) groups excluding carboxylic acids is 3. The number of benzene rings is 1. The third-order valence-corrected chi connectivity index (χ3v) is 4.99. The maximum absolute atomic E-state index is 12.5. The fraction of sp³-hybridized carbons (Fsp3) is 0.381. The quantitative estimate of drug-likeness (QED) is 0.583. The average molecular weight is 418 g/mol. The predicted octanol–water partition coefficient (Wildman–Crippen LogP) is 2.81. The molecule has 0 saturated carbocycles. The van der Waals surface area contributed by atoms with E-state index in [2.05, 4.69) is 16.0 Å². The number of hydrogen-bond donors (Lipinski definition) is 3. The molecular formula is C21H27N3O4S. The summed E-state index contributed by atoms with van der Waals surface area (Å²) >= 11 is 1.57. The first kappa shape index (κ1) is 22.5. The van der Waals surface area contributed by atoms with Crippen molar-refractivity contribution in [1.29, 1.82) is 0 Å². The van der Waals surface area contributed by atoms with E-state index in [4.69, 9.17) is 4.42 Å². The van der Waals surface area contributed by atoms with Crippen LogP contribution in [0.2, 0.25) is 0 Å². The maximum Gasteiger partial charge on any atom is 0.287 e. The van der Waals surface area contributed by atoms with Crippen molar-refractivity contribution < 1.29 is 18.8 Å². The van der Waals surface area contributed by atoms with Gasteiger partial charge in [-0.05, 0) is 62.5 Å². The van der Waals surface area contributed by atoms with Crippen LogP contribution in [0.15, 0.2) is 34.9 Å². The minimum atomic E-state index is -0.754. The monoisotopic (exact) mass is 417 g/mol. The van der Waals surface area contributed by atoms with Crippen LogP contribution >= 0.6 is 11.8 Å². The van der Waals surface area contributed by atoms with Crippen LogP contribution in [0.25, 0.3) is 0 Å². The van der Waals surface area contributed by atoms with Gasteiger partial charge in [0.25, 0.3) is 5.91 Å². The molecule has 29 heavy (non-hydrogen) atoms. The van der Waals surface area contributed by atoms with Gasteiger partial charge in [-0.15, -0.1) is 0 Å². The number of rotatable bonds is 9. The second kappa shape index (κ2) is 10.7. The zero-order valence-electron chi connectivity index (χ0n) is 17.1. The Labute approximate surface area is 175 Å². The van der Waals surface area contributed by atoms with E-state index in [0.717, 1.165) is 22.4 Å². The summed E-state index contributed by atoms with van der Waals surface area (Å²) in [6, 6.07) is 6.35. The van der Waals surface area contributed by atoms with Crippen molar-refractivity contribution in [2.45, 2.75) is 33.2 Å². The molecule has 0 spiro atoms. The molecule has 3 N–H and O–H groups in total. The number of aryl methyl sites for hydroxylation is 3. The summed E-state index contributed by atoms with van der Waals surface area (Å²) in [5, 5.41) is 8.12. The highest BCUT2D eigenvalue weighted by Gasteiger charge is 2.22. The topological polar surface area (TPSA) is 100 Å². The molecule has 1 aromatic carbocycles. The molecule has 8 heteroatoms. The Morgan fingerprint density at radius 3 is 2.41 bits per heavy atom. The molecule has 156 valence electrons. The normalized spacial score (nSPS) is 11.6. The third-order valence-electron chi connectivity index (χ3n) is 4.34. The molecule has 1 aromatic heterocycles. The molecule has 0 fully saturated rings. The van der Waals surface area contributed by atoms with Gasteiger partial charge in [0, 0.05) is 5.69 Å². The van der Waals surface area contributed by atoms with Gasteiger partial charge in [-0.3, -0.25) is 14.4 Å². The van der Waals surface area contributed by atoms with Gasteiger partial charge in [0.05, 0.1) is 12.8 Å². The molecule has 0 radical (unpaired) electrons. The lowest BCUT2D eigenvalue weighted by Gasteiger charge is -2.18. The number of furan rings is 1. The fourth-order valence-electron chi connectivity index (χ4n) is 2.99. The lowest BCUT2D eigenvalue weighted by molar-refractivity contribution is -0.125. The zero-order valence-corrected chi connectivity index (χ0v) is 17.9. The van der Waals surface area contributed by atoms with Gasteiger partial charge >= 0.3 is 0 Å². The number of amides is 3. The molecule has 2 aromatic rings. The molecule has 7 nitrogen and oxygen atoms in total. The van der Waals surface area contributed by atoms with Crippen LogP contribution in [0.5, 0.6) is 0 Å². The highest BCUT2D eigenvalue weighted by atomic mass is 32.2. The number of carbonyl (C=O) groups is 3. The Hall–Kier alpha value is -2.74. The van der Waals surface area contributed by atoms with Crippen molar-refractivity contribution in [3.05, 3.63) is 53.0 Å². The van der Waals surface area contributed by atoms with Crippen molar-refractivity contribution in [2.75, 3.05) is 23.9 Å². The van der Waals surface area contributed by atoms with E-state index in [1.807, 2.05) is 39.2 Å². The lowest BCUT2D eigenvalue weighted by atomic mass is 10.1. The highest BCUT2D eigenvalue weighted by Crippen LogP contribution is 2.21. The summed E-state index contributed by atoms with van der Waals surface area (Å²) in [5.41, 5.74) is 3.80. The van der Waals surface area contributed by atoms with E-state index in [0.29, 0.717) is 12.2 Å². The zero-order chi connectivity index (χ0) is 21.4. The minimum absolute atomic E-state index is 0.134. The molecule has 0 saturated heterocycles. The fourth-order valence-corrected chi connectivity index (χ4v) is 3.46. The average Bonchev–Trinajstić information content (AvgIpc) is 3.20. The van der Waals surface area contributed by atoms with Crippen LogP contribution < -0.4 is 16.0 Å². The lowest BCUT2D eigenvalue weighted by Crippen LogP contribution is -2.48. The molecule has 0 aliphatic carbocycles. The summed E-state index contributed by atoms with van der Waals surface area (Å²) in [7, 11) is 0. The minimum Gasteiger partial charge on any atom is -0.459 e. The van der Waals surface area contributed by atoms with Crippen LogP contribution in [-0.4, -0.2) is 42.3 Å². The van der Waals surface area contributed by atoms with E-state index in [1.165, 1.54) is 12.3 Å². The first-order valence-electron chi connectivity index (χ1n) is 9.30. The van der Waals surface area contributed by atoms with Crippen LogP contribution in [-0.2, 0) is 9.59 Å². The summed E-state index contributed by atoms with van der Waals surface area (Å²) < 4.78 is 5.06. The smallest absolute Gasteiger partial charge is 0.287 e. The molecule has 1 heterocycles. The molecule has 0 unspecified atom stereocenters. The number of thioether (sulfide) groups is 1. The molecule has 0 bridgehead atoms. The van der Waals surface area contributed by atoms with Gasteiger partial charge < -0.3 is 20.4 Å². The van der Waals surface area contributed by atoms with Crippen LogP contribution in [0.1, 0.15) is 33.7 Å². The maximum atomic E-state index is 12.5. The number of anilines is 1. The van der Waals surface area contributed by atoms with Crippen LogP contribution in [0.4, 0.5) is 5.69 Å². The van der Waals surface area contributed by atoms with E-state index in [1.54, 1.807) is 17.8 Å². The van der Waals surface area contributed by atoms with Gasteiger partial charge in [-0.25, -0.2) is 0 Å². The van der Waals surface area contributed by atoms with Crippen molar-refractivity contribution >= 4 is 35.2 Å². The van der Waals surface area contributed by atoms with E-state index < -0.39 is 17.9 Å². The molecule has 0 aliphatic rings. The first-order valence-corrected chi connectivity index (χ1v) is 10.7. The highest BCUT2D eigenvalue weighted by molar-refractivity contribution is 7.98. The predicted molar refractivity (Wildman–Crippen MR) is 115 cm³/mol. The standard InChI is InChI=1S/C21H27N3O4S/c1-13-10-14(2)19(15(3)11-13)24-18(25)12-22-20(26)16(7-9-29-4)23-21(27)17-6-5-8-28-17/h5-6,8,10-11,16H,7,9,12H2,1-4H3,(H,22,26)(H,23,27)(H,24,25)/t16-/m1/s1. The Bertz CT molecular complexity index is 842. The van der Waals surface area contributed by atoms with Crippen molar-refractivity contribution in [3.8, 4) is 0 Å². The Morgan fingerprint density at radius 1 is 1.14 bits per heavy atom. The molecule has 0 aliphatic heterocycles. The molecule has 1 atom stereocenters. The van der Waals surface area contributed by atoms with E-state index in [9.17, 15) is 14.4 Å². The Morgan fingerprint density at radius 2 is 1.83 bits per heavy atom. The van der Waals surface area contributed by atoms with Crippen LogP contribution in [0.3, 0.4) is 0 Å². The van der Waals surface area contributed by atoms with E-state index in [-0.39, 0.29) is 18.2 Å². The summed E-state index contributed by atoms with van der Waals surface area (Å²) in [5.74, 6) is -0.382. The largest absolute Gasteiger partial charge is 0.459 e. The van der Waals surface area contributed by atoms with Crippen molar-refractivity contribution in [2.24, 2.45) is 0 Å². The molecular weight excluding hydrogens is 390 g/mol. The number of nitrogens with one attached hydrogen (secondary N) is 3. The summed E-state index contributed by atoms with van der Waals surface area (Å²) in [6.07, 6.45) is 3.76. The van der Waals surface area contributed by atoms with Gasteiger partial charge in [0.2, 0.25) is 11.8 Å². The van der Waals surface area contributed by atoms with Gasteiger partial charge in [0.1, 0.15) is 6.04 Å². The summed E-state index contributed by atoms with van der Waals surface area (Å²) in [6.45, 7) is 5.67. The second-order valence-corrected chi connectivity index (χ2v) is 7.81. The van der Waals surface area contributed by atoms with Crippen molar-refractivity contribution in [3.63, 3.8) is 0 Å². The second-order valence-electron chi connectivity index (χ2n) is 6.82. The van der Waals surface area contributed by atoms with Gasteiger partial charge in [0.15, 0.2) is 5.76 Å². The van der Waals surface area contributed by atoms with Crippen molar-refractivity contribution in [1.82, 2.24) is 10.6 Å². The molecule has 3 amide bonds. The Balaban J connectivity index is 1.94. The van der Waals surface area contributed by atoms with Gasteiger partial charge in [-0.1, -0.05) is 17.7 Å². The van der Waals surface area contributed by atoms with Gasteiger partial charge in [-0.2, -0.15) is 11.8 Å². The first-order chi connectivity index (χ1) is 13.8. The number of hydrogen-bond acceptors (Lipinski definition) is 5. The molecule has 2 rings (SSSR count). The van der Waals surface area contributed by atoms with Crippen LogP contribution in [0, 0.1) is 20.8 Å². The SMILES string of the molecule is CSCC[C@@H](NC(=O)c1ccco1)C(=O)NCC(=O)Nc1c(C)cc(C)cc1C. The van der Waals surface area contributed by atoms with E-state index >= 15 is 0 Å².